The highest BCUT2D eigenvalue weighted by Gasteiger charge is 2.16. The van der Waals surface area contributed by atoms with E-state index in [1.54, 1.807) is 36.9 Å². The number of carbonyl (C=O) groups is 1. The van der Waals surface area contributed by atoms with Gasteiger partial charge in [0.1, 0.15) is 17.7 Å². The number of fused-ring (bicyclic) bond motifs is 1. The van der Waals surface area contributed by atoms with Gasteiger partial charge in [-0.2, -0.15) is 0 Å². The van der Waals surface area contributed by atoms with Gasteiger partial charge >= 0.3 is 0 Å². The summed E-state index contributed by atoms with van der Waals surface area (Å²) in [6.45, 7) is 2.37. The van der Waals surface area contributed by atoms with E-state index < -0.39 is 0 Å². The van der Waals surface area contributed by atoms with Gasteiger partial charge in [-0.15, -0.1) is 0 Å². The Kier molecular flexibility index (Phi) is 4.18. The molecule has 0 bridgehead atoms. The molecule has 7 heteroatoms. The molecule has 0 fully saturated rings. The summed E-state index contributed by atoms with van der Waals surface area (Å²) < 4.78 is 10.7. The van der Waals surface area contributed by atoms with Gasteiger partial charge in [-0.1, -0.05) is 18.1 Å². The van der Waals surface area contributed by atoms with Crippen molar-refractivity contribution < 1.29 is 13.7 Å². The van der Waals surface area contributed by atoms with E-state index in [2.05, 4.69) is 20.4 Å². The zero-order chi connectivity index (χ0) is 17.9. The van der Waals surface area contributed by atoms with Crippen LogP contribution in [0.1, 0.15) is 28.7 Å². The summed E-state index contributed by atoms with van der Waals surface area (Å²) in [7, 11) is 0. The van der Waals surface area contributed by atoms with Crippen molar-refractivity contribution in [2.75, 3.05) is 0 Å². The molecule has 4 rings (SSSR count). The highest BCUT2D eigenvalue weighted by Crippen LogP contribution is 2.28. The first-order chi connectivity index (χ1) is 12.7. The lowest BCUT2D eigenvalue weighted by Crippen LogP contribution is -2.22. The number of oxazole rings is 1. The maximum Gasteiger partial charge on any atom is 0.251 e. The van der Waals surface area contributed by atoms with Crippen LogP contribution in [0.25, 0.3) is 22.4 Å². The van der Waals surface area contributed by atoms with Crippen molar-refractivity contribution in [3.63, 3.8) is 0 Å². The molecule has 3 heterocycles. The molecule has 3 aromatic heterocycles. The average Bonchev–Trinajstić information content (AvgIpc) is 3.32. The Bertz CT molecular complexity index is 1050. The highest BCUT2D eigenvalue weighted by atomic mass is 16.5. The first-order valence-electron chi connectivity index (χ1n) is 8.26. The third kappa shape index (κ3) is 3.06. The average molecular weight is 348 g/mol. The third-order valence-corrected chi connectivity index (χ3v) is 4.00. The molecule has 26 heavy (non-hydrogen) atoms. The number of aryl methyl sites for hydroxylation is 1. The standard InChI is InChI=1S/C19H16N4O3/c1-2-17-22-15(11-25-17)18-14-8-13(5-6-16(14)26-23-18)19(24)21-10-12-4-3-7-20-9-12/h3-9,11H,2,10H2,1H3,(H,21,24). The van der Waals surface area contributed by atoms with E-state index in [1.807, 2.05) is 19.1 Å². The minimum absolute atomic E-state index is 0.183. The molecule has 1 amide bonds. The van der Waals surface area contributed by atoms with Gasteiger partial charge in [0.25, 0.3) is 5.91 Å². The minimum atomic E-state index is -0.183. The minimum Gasteiger partial charge on any atom is -0.448 e. The molecular weight excluding hydrogens is 332 g/mol. The van der Waals surface area contributed by atoms with Crippen molar-refractivity contribution in [1.82, 2.24) is 20.4 Å². The van der Waals surface area contributed by atoms with Crippen LogP contribution in [0.5, 0.6) is 0 Å². The van der Waals surface area contributed by atoms with Crippen LogP contribution in [-0.2, 0) is 13.0 Å². The Morgan fingerprint density at radius 2 is 2.19 bits per heavy atom. The van der Waals surface area contributed by atoms with Crippen LogP contribution in [0, 0.1) is 0 Å². The smallest absolute Gasteiger partial charge is 0.251 e. The molecule has 0 unspecified atom stereocenters. The van der Waals surface area contributed by atoms with Gasteiger partial charge in [-0.3, -0.25) is 9.78 Å². The second kappa shape index (κ2) is 6.79. The number of amides is 1. The summed E-state index contributed by atoms with van der Waals surface area (Å²) in [5.74, 6) is 0.443. The lowest BCUT2D eigenvalue weighted by atomic mass is 10.1. The van der Waals surface area contributed by atoms with Crippen LogP contribution in [0.2, 0.25) is 0 Å². The molecule has 0 spiro atoms. The van der Waals surface area contributed by atoms with E-state index in [9.17, 15) is 4.79 Å². The summed E-state index contributed by atoms with van der Waals surface area (Å²) in [4.78, 5) is 20.9. The van der Waals surface area contributed by atoms with Gasteiger partial charge < -0.3 is 14.3 Å². The van der Waals surface area contributed by atoms with Crippen molar-refractivity contribution in [1.29, 1.82) is 0 Å². The van der Waals surface area contributed by atoms with Crippen LogP contribution < -0.4 is 5.32 Å². The summed E-state index contributed by atoms with van der Waals surface area (Å²) in [6.07, 6.45) is 5.65. The van der Waals surface area contributed by atoms with Crippen molar-refractivity contribution in [3.8, 4) is 11.4 Å². The van der Waals surface area contributed by atoms with Crippen LogP contribution >= 0.6 is 0 Å². The Labute approximate surface area is 149 Å². The molecule has 0 radical (unpaired) electrons. The van der Waals surface area contributed by atoms with Gasteiger partial charge in [0.15, 0.2) is 11.5 Å². The van der Waals surface area contributed by atoms with E-state index in [4.69, 9.17) is 8.94 Å². The molecule has 4 aromatic rings. The number of nitrogens with zero attached hydrogens (tertiary/aromatic N) is 3. The Hall–Kier alpha value is -3.48. The fourth-order valence-corrected chi connectivity index (χ4v) is 2.63. The Morgan fingerprint density at radius 3 is 2.96 bits per heavy atom. The van der Waals surface area contributed by atoms with Crippen LogP contribution in [0.3, 0.4) is 0 Å². The highest BCUT2D eigenvalue weighted by molar-refractivity contribution is 6.00. The molecule has 0 aliphatic rings. The number of carbonyl (C=O) groups excluding carboxylic acids is 1. The Balaban J connectivity index is 1.60. The fraction of sp³-hybridized carbons (Fsp3) is 0.158. The zero-order valence-electron chi connectivity index (χ0n) is 14.1. The maximum atomic E-state index is 12.5. The molecule has 0 atom stereocenters. The second-order valence-electron chi connectivity index (χ2n) is 5.77. The van der Waals surface area contributed by atoms with E-state index in [0.29, 0.717) is 41.4 Å². The quantitative estimate of drug-likeness (QED) is 0.594. The van der Waals surface area contributed by atoms with Gasteiger partial charge in [0.2, 0.25) is 0 Å². The van der Waals surface area contributed by atoms with Gasteiger partial charge in [-0.25, -0.2) is 4.98 Å². The van der Waals surface area contributed by atoms with Gasteiger partial charge in [0.05, 0.1) is 5.39 Å². The number of rotatable bonds is 5. The first kappa shape index (κ1) is 16.0. The summed E-state index contributed by atoms with van der Waals surface area (Å²) in [5, 5.41) is 7.67. The first-order valence-corrected chi connectivity index (χ1v) is 8.26. The van der Waals surface area contributed by atoms with Crippen molar-refractivity contribution in [3.05, 3.63) is 66.0 Å². The second-order valence-corrected chi connectivity index (χ2v) is 5.77. The molecule has 7 nitrogen and oxygen atoms in total. The van der Waals surface area contributed by atoms with Gasteiger partial charge in [0, 0.05) is 30.9 Å². The van der Waals surface area contributed by atoms with Crippen molar-refractivity contribution in [2.45, 2.75) is 19.9 Å². The van der Waals surface area contributed by atoms with Crippen LogP contribution in [0.4, 0.5) is 0 Å². The molecule has 0 aliphatic heterocycles. The Morgan fingerprint density at radius 1 is 1.27 bits per heavy atom. The maximum absolute atomic E-state index is 12.5. The molecular formula is C19H16N4O3. The summed E-state index contributed by atoms with van der Waals surface area (Å²) in [6, 6.07) is 8.92. The van der Waals surface area contributed by atoms with Crippen molar-refractivity contribution >= 4 is 16.9 Å². The molecule has 1 aromatic carbocycles. The molecule has 130 valence electrons. The number of hydrogen-bond donors (Lipinski definition) is 1. The number of benzene rings is 1. The monoisotopic (exact) mass is 348 g/mol. The fourth-order valence-electron chi connectivity index (χ4n) is 2.63. The number of hydrogen-bond acceptors (Lipinski definition) is 6. The van der Waals surface area contributed by atoms with Crippen LogP contribution in [-0.4, -0.2) is 21.0 Å². The SMILES string of the molecule is CCc1nc(-c2noc3ccc(C(=O)NCc4cccnc4)cc23)co1. The van der Waals surface area contributed by atoms with E-state index in [1.165, 1.54) is 0 Å². The lowest BCUT2D eigenvalue weighted by molar-refractivity contribution is 0.0951. The number of pyridine rings is 1. The topological polar surface area (TPSA) is 94.0 Å². The predicted octanol–water partition coefficient (Wildman–Crippen LogP) is 3.37. The predicted molar refractivity (Wildman–Crippen MR) is 94.3 cm³/mol. The largest absolute Gasteiger partial charge is 0.448 e. The molecule has 1 N–H and O–H groups in total. The van der Waals surface area contributed by atoms with Crippen LogP contribution in [0.15, 0.2) is 57.9 Å². The van der Waals surface area contributed by atoms with E-state index in [0.717, 1.165) is 10.9 Å². The number of nitrogens with one attached hydrogen (secondary N) is 1. The number of aromatic nitrogens is 3. The molecule has 0 aliphatic carbocycles. The lowest BCUT2D eigenvalue weighted by Gasteiger charge is -2.05. The third-order valence-electron chi connectivity index (χ3n) is 4.00. The van der Waals surface area contributed by atoms with E-state index >= 15 is 0 Å². The molecule has 0 saturated heterocycles. The molecule has 0 saturated carbocycles. The normalized spacial score (nSPS) is 11.0. The van der Waals surface area contributed by atoms with E-state index in [-0.39, 0.29) is 5.91 Å². The van der Waals surface area contributed by atoms with Crippen molar-refractivity contribution in [2.24, 2.45) is 0 Å². The summed E-state index contributed by atoms with van der Waals surface area (Å²) in [5.41, 5.74) is 3.19. The zero-order valence-corrected chi connectivity index (χ0v) is 14.1. The van der Waals surface area contributed by atoms with Gasteiger partial charge in [-0.05, 0) is 29.8 Å². The summed E-state index contributed by atoms with van der Waals surface area (Å²) >= 11 is 0.